The summed E-state index contributed by atoms with van der Waals surface area (Å²) in [4.78, 5) is 24.8. The minimum Gasteiger partial charge on any atom is -0.454 e. The third kappa shape index (κ3) is 4.32. The molecule has 0 unspecified atom stereocenters. The average Bonchev–Trinajstić information content (AvgIpc) is 3.20. The van der Waals surface area contributed by atoms with E-state index in [-0.39, 0.29) is 25.0 Å². The summed E-state index contributed by atoms with van der Waals surface area (Å²) in [6.45, 7) is 2.24. The maximum Gasteiger partial charge on any atom is 0.242 e. The SMILES string of the molecule is C[C@H](NC(=O)Cc1cccc2ccccc12)C(=O)NCc1ccc2c(c1)OCO2. The van der Waals surface area contributed by atoms with Crippen LogP contribution in [0.4, 0.5) is 0 Å². The summed E-state index contributed by atoms with van der Waals surface area (Å²) in [6.07, 6.45) is 0.223. The van der Waals surface area contributed by atoms with Gasteiger partial charge in [0.05, 0.1) is 6.42 Å². The van der Waals surface area contributed by atoms with Crippen molar-refractivity contribution in [2.45, 2.75) is 25.9 Å². The molecule has 2 amide bonds. The number of nitrogens with one attached hydrogen (secondary N) is 2. The van der Waals surface area contributed by atoms with E-state index in [4.69, 9.17) is 9.47 Å². The van der Waals surface area contributed by atoms with Gasteiger partial charge in [0.1, 0.15) is 6.04 Å². The van der Waals surface area contributed by atoms with Gasteiger partial charge in [0.15, 0.2) is 11.5 Å². The van der Waals surface area contributed by atoms with Crippen LogP contribution < -0.4 is 20.1 Å². The van der Waals surface area contributed by atoms with Crippen molar-refractivity contribution in [2.75, 3.05) is 6.79 Å². The van der Waals surface area contributed by atoms with Gasteiger partial charge in [-0.15, -0.1) is 0 Å². The molecule has 1 atom stereocenters. The predicted molar refractivity (Wildman–Crippen MR) is 110 cm³/mol. The number of ether oxygens (including phenoxy) is 2. The fraction of sp³-hybridized carbons (Fsp3) is 0.217. The minimum absolute atomic E-state index is 0.188. The molecule has 1 aliphatic rings. The fourth-order valence-electron chi connectivity index (χ4n) is 3.37. The molecule has 29 heavy (non-hydrogen) atoms. The van der Waals surface area contributed by atoms with Crippen molar-refractivity contribution in [1.29, 1.82) is 0 Å². The van der Waals surface area contributed by atoms with Gasteiger partial charge in [-0.05, 0) is 41.0 Å². The second kappa shape index (κ2) is 8.22. The maximum atomic E-state index is 12.5. The van der Waals surface area contributed by atoms with Gasteiger partial charge in [0, 0.05) is 6.54 Å². The Labute approximate surface area is 168 Å². The minimum atomic E-state index is -0.633. The van der Waals surface area contributed by atoms with Crippen molar-refractivity contribution >= 4 is 22.6 Å². The Hall–Kier alpha value is -3.54. The Morgan fingerprint density at radius 3 is 2.69 bits per heavy atom. The third-order valence-electron chi connectivity index (χ3n) is 4.91. The highest BCUT2D eigenvalue weighted by Crippen LogP contribution is 2.32. The molecule has 1 heterocycles. The summed E-state index contributed by atoms with van der Waals surface area (Å²) in [7, 11) is 0. The summed E-state index contributed by atoms with van der Waals surface area (Å²) >= 11 is 0. The van der Waals surface area contributed by atoms with Crippen LogP contribution in [0.25, 0.3) is 10.8 Å². The van der Waals surface area contributed by atoms with Crippen LogP contribution in [0.1, 0.15) is 18.1 Å². The molecule has 0 fully saturated rings. The number of amides is 2. The lowest BCUT2D eigenvalue weighted by Crippen LogP contribution is -2.45. The largest absolute Gasteiger partial charge is 0.454 e. The standard InChI is InChI=1S/C23H22N2O4/c1-15(23(27)24-13-16-9-10-20-21(11-16)29-14-28-20)25-22(26)12-18-7-4-6-17-5-2-3-8-19(17)18/h2-11,15H,12-14H2,1H3,(H,24,27)(H,25,26)/t15-/m0/s1. The Bertz CT molecular complexity index is 1060. The van der Waals surface area contributed by atoms with Gasteiger partial charge in [0.25, 0.3) is 0 Å². The fourth-order valence-corrected chi connectivity index (χ4v) is 3.37. The van der Waals surface area contributed by atoms with Crippen LogP contribution in [0.5, 0.6) is 11.5 Å². The van der Waals surface area contributed by atoms with Crippen LogP contribution in [0.3, 0.4) is 0 Å². The van der Waals surface area contributed by atoms with Crippen molar-refractivity contribution in [3.8, 4) is 11.5 Å². The van der Waals surface area contributed by atoms with E-state index in [1.807, 2.05) is 60.7 Å². The number of carbonyl (C=O) groups is 2. The predicted octanol–water partition coefficient (Wildman–Crippen LogP) is 2.93. The van der Waals surface area contributed by atoms with Gasteiger partial charge >= 0.3 is 0 Å². The molecule has 1 aliphatic heterocycles. The topological polar surface area (TPSA) is 76.7 Å². The Morgan fingerprint density at radius 1 is 1.00 bits per heavy atom. The van der Waals surface area contributed by atoms with Crippen molar-refractivity contribution in [2.24, 2.45) is 0 Å². The van der Waals surface area contributed by atoms with Crippen LogP contribution in [0.2, 0.25) is 0 Å². The number of benzene rings is 3. The molecule has 0 radical (unpaired) electrons. The van der Waals surface area contributed by atoms with E-state index in [0.29, 0.717) is 18.0 Å². The monoisotopic (exact) mass is 390 g/mol. The Balaban J connectivity index is 1.31. The van der Waals surface area contributed by atoms with E-state index < -0.39 is 6.04 Å². The molecule has 3 aromatic rings. The van der Waals surface area contributed by atoms with Crippen molar-refractivity contribution in [3.05, 3.63) is 71.8 Å². The smallest absolute Gasteiger partial charge is 0.242 e. The number of hydrogen-bond acceptors (Lipinski definition) is 4. The van der Waals surface area contributed by atoms with E-state index >= 15 is 0 Å². The summed E-state index contributed by atoms with van der Waals surface area (Å²) in [6, 6.07) is 18.7. The van der Waals surface area contributed by atoms with E-state index in [1.165, 1.54) is 0 Å². The number of rotatable bonds is 6. The molecule has 6 heteroatoms. The van der Waals surface area contributed by atoms with Crippen molar-refractivity contribution in [3.63, 3.8) is 0 Å². The highest BCUT2D eigenvalue weighted by Gasteiger charge is 2.17. The first-order chi connectivity index (χ1) is 14.1. The number of fused-ring (bicyclic) bond motifs is 2. The van der Waals surface area contributed by atoms with Gasteiger partial charge in [-0.25, -0.2) is 0 Å². The first-order valence-corrected chi connectivity index (χ1v) is 9.52. The van der Waals surface area contributed by atoms with Crippen molar-refractivity contribution < 1.29 is 19.1 Å². The molecule has 0 spiro atoms. The van der Waals surface area contributed by atoms with Crippen molar-refractivity contribution in [1.82, 2.24) is 10.6 Å². The second-order valence-corrected chi connectivity index (χ2v) is 7.01. The van der Waals surface area contributed by atoms with Gasteiger partial charge in [-0.1, -0.05) is 48.5 Å². The molecule has 4 rings (SSSR count). The quantitative estimate of drug-likeness (QED) is 0.679. The zero-order valence-electron chi connectivity index (χ0n) is 16.1. The van der Waals surface area contributed by atoms with Crippen LogP contribution in [-0.2, 0) is 22.6 Å². The molecular weight excluding hydrogens is 368 g/mol. The third-order valence-corrected chi connectivity index (χ3v) is 4.91. The van der Waals surface area contributed by atoms with Gasteiger partial charge in [-0.2, -0.15) is 0 Å². The molecule has 2 N–H and O–H groups in total. The second-order valence-electron chi connectivity index (χ2n) is 7.01. The molecule has 6 nitrogen and oxygen atoms in total. The Morgan fingerprint density at radius 2 is 1.79 bits per heavy atom. The highest BCUT2D eigenvalue weighted by molar-refractivity contribution is 5.92. The molecule has 3 aromatic carbocycles. The summed E-state index contributed by atoms with van der Waals surface area (Å²) in [5, 5.41) is 7.75. The maximum absolute atomic E-state index is 12.5. The van der Waals surface area contributed by atoms with Gasteiger partial charge in [0.2, 0.25) is 18.6 Å². The lowest BCUT2D eigenvalue weighted by atomic mass is 10.0. The molecule has 0 aromatic heterocycles. The summed E-state index contributed by atoms with van der Waals surface area (Å²) < 4.78 is 10.6. The van der Waals surface area contributed by atoms with E-state index in [9.17, 15) is 9.59 Å². The average molecular weight is 390 g/mol. The lowest BCUT2D eigenvalue weighted by molar-refractivity contribution is -0.128. The van der Waals surface area contributed by atoms with E-state index in [2.05, 4.69) is 10.6 Å². The van der Waals surface area contributed by atoms with Crippen LogP contribution in [0.15, 0.2) is 60.7 Å². The molecule has 0 bridgehead atoms. The molecule has 0 aliphatic carbocycles. The van der Waals surface area contributed by atoms with E-state index in [1.54, 1.807) is 6.92 Å². The van der Waals surface area contributed by atoms with E-state index in [0.717, 1.165) is 21.9 Å². The number of hydrogen-bond donors (Lipinski definition) is 2. The molecular formula is C23H22N2O4. The molecule has 0 saturated carbocycles. The van der Waals surface area contributed by atoms with Crippen LogP contribution in [-0.4, -0.2) is 24.6 Å². The number of carbonyl (C=O) groups excluding carboxylic acids is 2. The van der Waals surface area contributed by atoms with Crippen LogP contribution >= 0.6 is 0 Å². The highest BCUT2D eigenvalue weighted by atomic mass is 16.7. The molecule has 0 saturated heterocycles. The van der Waals surface area contributed by atoms with Gasteiger partial charge < -0.3 is 20.1 Å². The lowest BCUT2D eigenvalue weighted by Gasteiger charge is -2.15. The first kappa shape index (κ1) is 18.8. The Kier molecular flexibility index (Phi) is 5.33. The zero-order chi connectivity index (χ0) is 20.2. The normalized spacial score (nSPS) is 13.1. The molecule has 148 valence electrons. The van der Waals surface area contributed by atoms with Gasteiger partial charge in [-0.3, -0.25) is 9.59 Å². The summed E-state index contributed by atoms with van der Waals surface area (Å²) in [5.41, 5.74) is 1.84. The van der Waals surface area contributed by atoms with Crippen LogP contribution in [0, 0.1) is 0 Å². The summed E-state index contributed by atoms with van der Waals surface area (Å²) in [5.74, 6) is 0.948. The first-order valence-electron chi connectivity index (χ1n) is 9.52. The zero-order valence-corrected chi connectivity index (χ0v) is 16.1.